The highest BCUT2D eigenvalue weighted by Crippen LogP contribution is 2.51. The molecule has 11 atom stereocenters. The standard InChI is InChI=1S/C27H32O14/c1-9-19(33)21(35)23(37)27(38-9)41-26-22(36)20(34)16(8-28)40-25(26)18-13(31)6-12(30)17-14(32)7-15(39-24(17)18)10-2-4-11(29)5-3-10/h2-6,9,15-16,19-23,25-31,33-37H,7-8H2,1H3/t9-,15+,16+,19-,20+,21+,22-,23+,25-,26+,27-/m0/s1. The summed E-state index contributed by atoms with van der Waals surface area (Å²) >= 11 is 0. The second-order valence-corrected chi connectivity index (χ2v) is 10.4. The Morgan fingerprint density at radius 1 is 0.878 bits per heavy atom. The van der Waals surface area contributed by atoms with Gasteiger partial charge in [-0.25, -0.2) is 0 Å². The highest BCUT2D eigenvalue weighted by molar-refractivity contribution is 6.03. The van der Waals surface area contributed by atoms with Crippen LogP contribution in [0.5, 0.6) is 23.0 Å². The van der Waals surface area contributed by atoms with Gasteiger partial charge >= 0.3 is 0 Å². The molecular weight excluding hydrogens is 548 g/mol. The summed E-state index contributed by atoms with van der Waals surface area (Å²) in [6.07, 6.45) is -17.0. The third kappa shape index (κ3) is 5.22. The summed E-state index contributed by atoms with van der Waals surface area (Å²) in [5.74, 6) is -2.14. The van der Waals surface area contributed by atoms with Gasteiger partial charge in [-0.1, -0.05) is 12.1 Å². The lowest BCUT2D eigenvalue weighted by molar-refractivity contribution is -0.338. The van der Waals surface area contributed by atoms with Crippen LogP contribution in [0.15, 0.2) is 30.3 Å². The van der Waals surface area contributed by atoms with Crippen molar-refractivity contribution >= 4 is 5.78 Å². The van der Waals surface area contributed by atoms with Gasteiger partial charge in [0.25, 0.3) is 0 Å². The molecule has 0 saturated carbocycles. The number of hydrogen-bond acceptors (Lipinski definition) is 14. The number of phenols is 3. The predicted molar refractivity (Wildman–Crippen MR) is 134 cm³/mol. The number of rotatable bonds is 5. The summed E-state index contributed by atoms with van der Waals surface area (Å²) < 4.78 is 23.2. The maximum atomic E-state index is 13.2. The first-order chi connectivity index (χ1) is 19.4. The van der Waals surface area contributed by atoms with E-state index in [2.05, 4.69) is 0 Å². The molecule has 0 radical (unpaired) electrons. The Morgan fingerprint density at radius 2 is 1.56 bits per heavy atom. The van der Waals surface area contributed by atoms with Gasteiger partial charge in [0.1, 0.15) is 83.5 Å². The minimum absolute atomic E-state index is 0.0236. The summed E-state index contributed by atoms with van der Waals surface area (Å²) in [6, 6.07) is 6.69. The van der Waals surface area contributed by atoms with Crippen LogP contribution in [0.2, 0.25) is 0 Å². The number of ketones is 1. The summed E-state index contributed by atoms with van der Waals surface area (Å²) in [5.41, 5.74) is -0.0858. The SMILES string of the molecule is C[C@@H]1O[C@@H](O[C@@H]2[C@@H](O)[C@H](O)[C@@H](CO)O[C@H]2c2c(O)cc(O)c3c2O[C@@H](c2ccc(O)cc2)CC3=O)[C@H](O)[C@H](O)[C@H]1O. The van der Waals surface area contributed by atoms with Crippen LogP contribution in [0.4, 0.5) is 0 Å². The Kier molecular flexibility index (Phi) is 8.13. The number of phenolic OH excluding ortho intramolecular Hbond substituents is 3. The number of fused-ring (bicyclic) bond motifs is 1. The highest BCUT2D eigenvalue weighted by Gasteiger charge is 2.52. The molecule has 0 amide bonds. The van der Waals surface area contributed by atoms with Crippen LogP contribution in [0, 0.1) is 0 Å². The van der Waals surface area contributed by atoms with E-state index in [4.69, 9.17) is 18.9 Å². The quantitative estimate of drug-likeness (QED) is 0.204. The number of ether oxygens (including phenoxy) is 4. The van der Waals surface area contributed by atoms with Gasteiger partial charge in [-0.2, -0.15) is 0 Å². The lowest BCUT2D eigenvalue weighted by atomic mass is 9.86. The summed E-state index contributed by atoms with van der Waals surface area (Å²) in [6.45, 7) is 0.631. The van der Waals surface area contributed by atoms with E-state index in [0.717, 1.165) is 6.07 Å². The van der Waals surface area contributed by atoms with Crippen LogP contribution in [0.3, 0.4) is 0 Å². The van der Waals surface area contributed by atoms with Gasteiger partial charge in [-0.15, -0.1) is 0 Å². The van der Waals surface area contributed by atoms with E-state index in [1.165, 1.54) is 31.2 Å². The van der Waals surface area contributed by atoms with E-state index in [1.54, 1.807) is 0 Å². The molecule has 3 aliphatic rings. The van der Waals surface area contributed by atoms with E-state index >= 15 is 0 Å². The molecule has 5 rings (SSSR count). The van der Waals surface area contributed by atoms with Crippen molar-refractivity contribution in [1.29, 1.82) is 0 Å². The van der Waals surface area contributed by atoms with Gasteiger partial charge in [0.2, 0.25) is 0 Å². The number of aromatic hydroxyl groups is 3. The fraction of sp³-hybridized carbons (Fsp3) is 0.519. The van der Waals surface area contributed by atoms with Crippen LogP contribution in [-0.2, 0) is 14.2 Å². The Bertz CT molecular complexity index is 1270. The molecule has 3 heterocycles. The number of carbonyl (C=O) groups excluding carboxylic acids is 1. The Labute approximate surface area is 233 Å². The zero-order valence-electron chi connectivity index (χ0n) is 21.7. The van der Waals surface area contributed by atoms with Crippen LogP contribution in [0.25, 0.3) is 0 Å². The Balaban J connectivity index is 1.58. The van der Waals surface area contributed by atoms with Crippen LogP contribution in [0.1, 0.15) is 47.0 Å². The summed E-state index contributed by atoms with van der Waals surface area (Å²) in [7, 11) is 0. The van der Waals surface area contributed by atoms with Gasteiger partial charge in [-0.3, -0.25) is 4.79 Å². The first kappa shape index (κ1) is 29.4. The fourth-order valence-corrected chi connectivity index (χ4v) is 5.40. The Morgan fingerprint density at radius 3 is 2.22 bits per heavy atom. The number of aliphatic hydroxyl groups is 6. The first-order valence-corrected chi connectivity index (χ1v) is 13.0. The normalized spacial score (nSPS) is 37.3. The first-order valence-electron chi connectivity index (χ1n) is 13.0. The van der Waals surface area contributed by atoms with Crippen molar-refractivity contribution in [2.75, 3.05) is 6.61 Å². The number of hydrogen-bond donors (Lipinski definition) is 9. The van der Waals surface area contributed by atoms with E-state index in [0.29, 0.717) is 5.56 Å². The molecule has 2 saturated heterocycles. The average Bonchev–Trinajstić information content (AvgIpc) is 2.93. The third-order valence-corrected chi connectivity index (χ3v) is 7.70. The maximum absolute atomic E-state index is 13.2. The van der Waals surface area contributed by atoms with Gasteiger partial charge in [-0.05, 0) is 24.6 Å². The maximum Gasteiger partial charge on any atom is 0.187 e. The van der Waals surface area contributed by atoms with Crippen LogP contribution in [-0.4, -0.2) is 113 Å². The van der Waals surface area contributed by atoms with Crippen molar-refractivity contribution < 1.29 is 69.7 Å². The molecule has 2 aromatic rings. The molecule has 0 bridgehead atoms. The molecule has 14 nitrogen and oxygen atoms in total. The molecule has 0 aliphatic carbocycles. The topological polar surface area (TPSA) is 236 Å². The van der Waals surface area contributed by atoms with Crippen molar-refractivity contribution in [2.45, 2.75) is 80.7 Å². The molecule has 2 aromatic carbocycles. The fourth-order valence-electron chi connectivity index (χ4n) is 5.40. The minimum atomic E-state index is -1.84. The molecule has 0 spiro atoms. The molecule has 0 unspecified atom stereocenters. The second-order valence-electron chi connectivity index (χ2n) is 10.4. The molecule has 0 aromatic heterocycles. The molecule has 3 aliphatic heterocycles. The van der Waals surface area contributed by atoms with E-state index in [-0.39, 0.29) is 29.0 Å². The van der Waals surface area contributed by atoms with Crippen molar-refractivity contribution in [2.24, 2.45) is 0 Å². The van der Waals surface area contributed by atoms with E-state index in [9.17, 15) is 50.8 Å². The molecule has 2 fully saturated rings. The van der Waals surface area contributed by atoms with Gasteiger partial charge in [0, 0.05) is 6.07 Å². The van der Waals surface area contributed by atoms with Gasteiger partial charge in [0.05, 0.1) is 24.7 Å². The van der Waals surface area contributed by atoms with E-state index in [1.807, 2.05) is 0 Å². The molecule has 9 N–H and O–H groups in total. The zero-order valence-corrected chi connectivity index (χ0v) is 21.7. The monoisotopic (exact) mass is 580 g/mol. The number of aliphatic hydroxyl groups excluding tert-OH is 6. The van der Waals surface area contributed by atoms with Crippen molar-refractivity contribution in [3.63, 3.8) is 0 Å². The largest absolute Gasteiger partial charge is 0.508 e. The lowest BCUT2D eigenvalue weighted by Gasteiger charge is -2.46. The lowest BCUT2D eigenvalue weighted by Crippen LogP contribution is -2.61. The second kappa shape index (κ2) is 11.3. The third-order valence-electron chi connectivity index (χ3n) is 7.70. The number of Topliss-reactive ketones (excluding diaryl/α,β-unsaturated/α-hetero) is 1. The molecule has 41 heavy (non-hydrogen) atoms. The smallest absolute Gasteiger partial charge is 0.187 e. The highest BCUT2D eigenvalue weighted by atomic mass is 16.7. The van der Waals surface area contributed by atoms with E-state index < -0.39 is 91.2 Å². The van der Waals surface area contributed by atoms with Crippen LogP contribution < -0.4 is 4.74 Å². The van der Waals surface area contributed by atoms with Crippen LogP contribution >= 0.6 is 0 Å². The zero-order chi connectivity index (χ0) is 29.7. The van der Waals surface area contributed by atoms with Gasteiger partial charge in [0.15, 0.2) is 12.1 Å². The van der Waals surface area contributed by atoms with Crippen molar-refractivity contribution in [1.82, 2.24) is 0 Å². The Hall–Kier alpha value is -3.05. The summed E-state index contributed by atoms with van der Waals surface area (Å²) in [4.78, 5) is 13.2. The molecule has 14 heteroatoms. The number of benzene rings is 2. The van der Waals surface area contributed by atoms with Crippen molar-refractivity contribution in [3.8, 4) is 23.0 Å². The van der Waals surface area contributed by atoms with Gasteiger partial charge < -0.3 is 64.9 Å². The minimum Gasteiger partial charge on any atom is -0.508 e. The van der Waals surface area contributed by atoms with Crippen molar-refractivity contribution in [3.05, 3.63) is 47.0 Å². The molecule has 224 valence electrons. The summed E-state index contributed by atoms with van der Waals surface area (Å²) in [5, 5.41) is 93.5. The predicted octanol–water partition coefficient (Wildman–Crippen LogP) is -1.12. The molecular formula is C27H32O14. The average molecular weight is 581 g/mol. The number of carbonyl (C=O) groups is 1.